The maximum absolute atomic E-state index is 13.4. The van der Waals surface area contributed by atoms with Crippen LogP contribution in [0.2, 0.25) is 0 Å². The van der Waals surface area contributed by atoms with Crippen molar-refractivity contribution in [3.63, 3.8) is 0 Å². The summed E-state index contributed by atoms with van der Waals surface area (Å²) in [7, 11) is 0. The molecular formula is C9H6ClF4N3. The third kappa shape index (κ3) is 2.19. The Morgan fingerprint density at radius 2 is 2.00 bits per heavy atom. The second-order valence-corrected chi connectivity index (χ2v) is 3.65. The molecule has 0 spiro atoms. The first-order valence-corrected chi connectivity index (χ1v) is 5.14. The van der Waals surface area contributed by atoms with Gasteiger partial charge in [0, 0.05) is 12.3 Å². The van der Waals surface area contributed by atoms with E-state index in [9.17, 15) is 17.6 Å². The molecule has 0 unspecified atom stereocenters. The standard InChI is InChI=1S/C9H6ClF4N3/c10-4-3-6-5(11)1-2-7-15-8(9(12,13)14)16-17(6)7/h1-2H,3-4H2. The number of fused-ring (bicyclic) bond motifs is 1. The predicted octanol–water partition coefficient (Wildman–Crippen LogP) is 2.67. The summed E-state index contributed by atoms with van der Waals surface area (Å²) in [5.74, 6) is -1.87. The molecule has 2 rings (SSSR count). The summed E-state index contributed by atoms with van der Waals surface area (Å²) in [6.45, 7) is 0. The second-order valence-electron chi connectivity index (χ2n) is 3.27. The number of aryl methyl sites for hydroxylation is 1. The van der Waals surface area contributed by atoms with Gasteiger partial charge in [-0.2, -0.15) is 13.2 Å². The van der Waals surface area contributed by atoms with Crippen LogP contribution in [0.1, 0.15) is 11.5 Å². The number of aromatic nitrogens is 3. The van der Waals surface area contributed by atoms with Crippen molar-refractivity contribution in [2.45, 2.75) is 12.6 Å². The SMILES string of the molecule is Fc1ccc2nc(C(F)(F)F)nn2c1CCCl. The molecule has 0 aliphatic rings. The molecule has 0 bridgehead atoms. The minimum absolute atomic E-state index is 0.0134. The van der Waals surface area contributed by atoms with Crippen molar-refractivity contribution in [2.75, 3.05) is 5.88 Å². The van der Waals surface area contributed by atoms with Crippen LogP contribution in [0.5, 0.6) is 0 Å². The summed E-state index contributed by atoms with van der Waals surface area (Å²) in [4.78, 5) is 3.29. The van der Waals surface area contributed by atoms with E-state index in [2.05, 4.69) is 10.1 Å². The van der Waals surface area contributed by atoms with Crippen LogP contribution < -0.4 is 0 Å². The lowest BCUT2D eigenvalue weighted by atomic mass is 10.3. The number of rotatable bonds is 2. The van der Waals surface area contributed by atoms with Gasteiger partial charge in [0.15, 0.2) is 5.65 Å². The molecule has 2 heterocycles. The van der Waals surface area contributed by atoms with Gasteiger partial charge in [0.1, 0.15) is 5.82 Å². The number of nitrogens with zero attached hydrogens (tertiary/aromatic N) is 3. The number of hydrogen-bond donors (Lipinski definition) is 0. The van der Waals surface area contributed by atoms with Gasteiger partial charge in [-0.1, -0.05) is 0 Å². The highest BCUT2D eigenvalue weighted by atomic mass is 35.5. The average molecular weight is 268 g/mol. The van der Waals surface area contributed by atoms with Crippen molar-refractivity contribution in [3.05, 3.63) is 29.5 Å². The monoisotopic (exact) mass is 267 g/mol. The van der Waals surface area contributed by atoms with Crippen LogP contribution in [-0.2, 0) is 12.6 Å². The summed E-state index contributed by atoms with van der Waals surface area (Å²) in [6, 6.07) is 2.18. The zero-order valence-electron chi connectivity index (χ0n) is 8.30. The van der Waals surface area contributed by atoms with Crippen molar-refractivity contribution >= 4 is 17.2 Å². The van der Waals surface area contributed by atoms with Gasteiger partial charge in [-0.25, -0.2) is 13.9 Å². The highest BCUT2D eigenvalue weighted by molar-refractivity contribution is 6.17. The van der Waals surface area contributed by atoms with Gasteiger partial charge in [-0.15, -0.1) is 16.7 Å². The summed E-state index contributed by atoms with van der Waals surface area (Å²) in [5.41, 5.74) is -0.0701. The second kappa shape index (κ2) is 4.14. The van der Waals surface area contributed by atoms with Gasteiger partial charge in [0.25, 0.3) is 5.82 Å². The fourth-order valence-electron chi connectivity index (χ4n) is 1.41. The quantitative estimate of drug-likeness (QED) is 0.619. The first-order chi connectivity index (χ1) is 7.93. The van der Waals surface area contributed by atoms with E-state index in [-0.39, 0.29) is 23.6 Å². The van der Waals surface area contributed by atoms with Crippen molar-refractivity contribution in [3.8, 4) is 0 Å². The van der Waals surface area contributed by atoms with E-state index in [1.807, 2.05) is 0 Å². The van der Waals surface area contributed by atoms with Crippen LogP contribution in [0.15, 0.2) is 12.1 Å². The Kier molecular flexibility index (Phi) is 2.94. The minimum Gasteiger partial charge on any atom is -0.214 e. The summed E-state index contributed by atoms with van der Waals surface area (Å²) < 4.78 is 51.4. The fraction of sp³-hybridized carbons (Fsp3) is 0.333. The molecule has 17 heavy (non-hydrogen) atoms. The molecule has 0 saturated heterocycles. The largest absolute Gasteiger partial charge is 0.453 e. The third-order valence-electron chi connectivity index (χ3n) is 2.13. The molecule has 0 radical (unpaired) electrons. The Hall–Kier alpha value is -1.37. The van der Waals surface area contributed by atoms with Crippen LogP contribution in [0.25, 0.3) is 5.65 Å². The van der Waals surface area contributed by atoms with Gasteiger partial charge in [0.05, 0.1) is 5.69 Å². The van der Waals surface area contributed by atoms with Gasteiger partial charge < -0.3 is 0 Å². The Morgan fingerprint density at radius 1 is 1.29 bits per heavy atom. The lowest BCUT2D eigenvalue weighted by Crippen LogP contribution is -2.09. The Labute approximate surface area is 98.0 Å². The van der Waals surface area contributed by atoms with E-state index in [4.69, 9.17) is 11.6 Å². The first kappa shape index (κ1) is 12.1. The molecule has 0 saturated carbocycles. The van der Waals surface area contributed by atoms with Crippen molar-refractivity contribution < 1.29 is 17.6 Å². The number of halogens is 5. The maximum Gasteiger partial charge on any atom is 0.453 e. The van der Waals surface area contributed by atoms with Crippen LogP contribution in [-0.4, -0.2) is 20.5 Å². The third-order valence-corrected chi connectivity index (χ3v) is 2.32. The molecule has 0 aromatic carbocycles. The van der Waals surface area contributed by atoms with Gasteiger partial charge in [-0.3, -0.25) is 0 Å². The molecule has 0 fully saturated rings. The van der Waals surface area contributed by atoms with Crippen LogP contribution in [0.4, 0.5) is 17.6 Å². The molecule has 92 valence electrons. The summed E-state index contributed by atoms with van der Waals surface area (Å²) >= 11 is 5.45. The zero-order valence-corrected chi connectivity index (χ0v) is 9.06. The maximum atomic E-state index is 13.4. The lowest BCUT2D eigenvalue weighted by Gasteiger charge is -2.02. The Morgan fingerprint density at radius 3 is 2.59 bits per heavy atom. The summed E-state index contributed by atoms with van der Waals surface area (Å²) in [6.07, 6.45) is -4.58. The van der Waals surface area contributed by atoms with Crippen molar-refractivity contribution in [1.29, 1.82) is 0 Å². The smallest absolute Gasteiger partial charge is 0.214 e. The van der Waals surface area contributed by atoms with E-state index in [0.29, 0.717) is 0 Å². The number of hydrogen-bond acceptors (Lipinski definition) is 2. The number of alkyl halides is 4. The molecular weight excluding hydrogens is 262 g/mol. The molecule has 0 aliphatic heterocycles. The molecule has 2 aromatic heterocycles. The zero-order chi connectivity index (χ0) is 12.6. The topological polar surface area (TPSA) is 30.2 Å². The van der Waals surface area contributed by atoms with Gasteiger partial charge in [-0.05, 0) is 12.1 Å². The Balaban J connectivity index is 2.64. The van der Waals surface area contributed by atoms with Crippen molar-refractivity contribution in [1.82, 2.24) is 14.6 Å². The lowest BCUT2D eigenvalue weighted by molar-refractivity contribution is -0.144. The van der Waals surface area contributed by atoms with E-state index < -0.39 is 17.8 Å². The highest BCUT2D eigenvalue weighted by Crippen LogP contribution is 2.27. The number of pyridine rings is 1. The average Bonchev–Trinajstić information content (AvgIpc) is 2.66. The molecule has 0 atom stereocenters. The molecule has 0 aliphatic carbocycles. The van der Waals surface area contributed by atoms with Crippen LogP contribution >= 0.6 is 11.6 Å². The van der Waals surface area contributed by atoms with E-state index >= 15 is 0 Å². The van der Waals surface area contributed by atoms with E-state index in [1.54, 1.807) is 0 Å². The van der Waals surface area contributed by atoms with Crippen LogP contribution in [0, 0.1) is 5.82 Å². The van der Waals surface area contributed by atoms with Crippen molar-refractivity contribution in [2.24, 2.45) is 0 Å². The normalized spacial score (nSPS) is 12.3. The minimum atomic E-state index is -4.65. The first-order valence-electron chi connectivity index (χ1n) is 4.61. The van der Waals surface area contributed by atoms with E-state index in [1.165, 1.54) is 0 Å². The van der Waals surface area contributed by atoms with Crippen LogP contribution in [0.3, 0.4) is 0 Å². The molecule has 2 aromatic rings. The molecule has 0 amide bonds. The fourth-order valence-corrected chi connectivity index (χ4v) is 1.59. The predicted molar refractivity (Wildman–Crippen MR) is 52.4 cm³/mol. The molecule has 8 heteroatoms. The van der Waals surface area contributed by atoms with Gasteiger partial charge in [0.2, 0.25) is 0 Å². The molecule has 0 N–H and O–H groups in total. The van der Waals surface area contributed by atoms with E-state index in [0.717, 1.165) is 16.6 Å². The summed E-state index contributed by atoms with van der Waals surface area (Å²) in [5, 5.41) is 3.25. The Bertz CT molecular complexity index is 549. The molecule has 3 nitrogen and oxygen atoms in total. The van der Waals surface area contributed by atoms with Gasteiger partial charge >= 0.3 is 6.18 Å². The highest BCUT2D eigenvalue weighted by Gasteiger charge is 2.36.